The molecule has 150 valence electrons. The van der Waals surface area contributed by atoms with Crippen molar-refractivity contribution in [1.29, 1.82) is 0 Å². The quantitative estimate of drug-likeness (QED) is 0.649. The van der Waals surface area contributed by atoms with Crippen molar-refractivity contribution in [2.45, 2.75) is 33.3 Å². The summed E-state index contributed by atoms with van der Waals surface area (Å²) >= 11 is 0. The van der Waals surface area contributed by atoms with Crippen molar-refractivity contribution < 1.29 is 19.1 Å². The van der Waals surface area contributed by atoms with Crippen molar-refractivity contribution in [3.05, 3.63) is 59.2 Å². The Kier molecular flexibility index (Phi) is 8.02. The molecular formula is C22H28N2O4. The number of anilines is 1. The first-order chi connectivity index (χ1) is 13.4. The highest BCUT2D eigenvalue weighted by Crippen LogP contribution is 2.21. The van der Waals surface area contributed by atoms with E-state index in [1.807, 2.05) is 32.0 Å². The molecule has 1 unspecified atom stereocenters. The summed E-state index contributed by atoms with van der Waals surface area (Å²) in [6.07, 6.45) is 0.0679. The third-order valence-corrected chi connectivity index (χ3v) is 4.22. The molecule has 1 atom stereocenters. The number of hydrogen-bond acceptors (Lipinski definition) is 4. The molecule has 2 aromatic carbocycles. The van der Waals surface area contributed by atoms with Crippen molar-refractivity contribution in [2.75, 3.05) is 25.6 Å². The number of nitrogens with one attached hydrogen (secondary N) is 2. The van der Waals surface area contributed by atoms with Gasteiger partial charge in [0, 0.05) is 31.5 Å². The molecule has 0 spiro atoms. The predicted molar refractivity (Wildman–Crippen MR) is 110 cm³/mol. The van der Waals surface area contributed by atoms with Crippen molar-refractivity contribution in [3.63, 3.8) is 0 Å². The molecule has 0 radical (unpaired) electrons. The molecule has 0 heterocycles. The van der Waals surface area contributed by atoms with Gasteiger partial charge in [0.2, 0.25) is 0 Å². The highest BCUT2D eigenvalue weighted by atomic mass is 16.5. The summed E-state index contributed by atoms with van der Waals surface area (Å²) in [7, 11) is 1.62. The van der Waals surface area contributed by atoms with E-state index in [4.69, 9.17) is 9.47 Å². The number of ether oxygens (including phenoxy) is 2. The Hall–Kier alpha value is -2.86. The van der Waals surface area contributed by atoms with Gasteiger partial charge in [-0.15, -0.1) is 0 Å². The molecule has 6 heteroatoms. The van der Waals surface area contributed by atoms with Crippen LogP contribution in [-0.2, 0) is 9.53 Å². The number of hydrogen-bond donors (Lipinski definition) is 2. The van der Waals surface area contributed by atoms with E-state index in [9.17, 15) is 9.59 Å². The molecular weight excluding hydrogens is 356 g/mol. The van der Waals surface area contributed by atoms with Gasteiger partial charge < -0.3 is 20.1 Å². The summed E-state index contributed by atoms with van der Waals surface area (Å²) in [4.78, 5) is 24.7. The molecule has 2 aromatic rings. The third kappa shape index (κ3) is 6.39. The molecule has 0 aliphatic carbocycles. The Balaban J connectivity index is 1.96. The summed E-state index contributed by atoms with van der Waals surface area (Å²) in [6.45, 7) is 6.74. The van der Waals surface area contributed by atoms with Gasteiger partial charge in [-0.05, 0) is 62.6 Å². The van der Waals surface area contributed by atoms with Crippen LogP contribution in [0.3, 0.4) is 0 Å². The van der Waals surface area contributed by atoms with Gasteiger partial charge in [0.05, 0.1) is 0 Å². The van der Waals surface area contributed by atoms with Crippen LogP contribution in [0.25, 0.3) is 0 Å². The van der Waals surface area contributed by atoms with E-state index in [0.29, 0.717) is 30.2 Å². The third-order valence-electron chi connectivity index (χ3n) is 4.22. The number of carbonyl (C=O) groups excluding carboxylic acids is 2. The summed E-state index contributed by atoms with van der Waals surface area (Å²) in [5.74, 6) is 0.220. The zero-order chi connectivity index (χ0) is 20.5. The van der Waals surface area contributed by atoms with E-state index in [2.05, 4.69) is 10.6 Å². The first-order valence-electron chi connectivity index (χ1n) is 9.32. The monoisotopic (exact) mass is 384 g/mol. The lowest BCUT2D eigenvalue weighted by molar-refractivity contribution is -0.122. The van der Waals surface area contributed by atoms with Gasteiger partial charge in [-0.1, -0.05) is 18.2 Å². The Morgan fingerprint density at radius 3 is 2.64 bits per heavy atom. The van der Waals surface area contributed by atoms with Gasteiger partial charge >= 0.3 is 0 Å². The fourth-order valence-corrected chi connectivity index (χ4v) is 2.58. The van der Waals surface area contributed by atoms with Crippen LogP contribution < -0.4 is 15.4 Å². The van der Waals surface area contributed by atoms with Crippen molar-refractivity contribution in [3.8, 4) is 5.75 Å². The van der Waals surface area contributed by atoms with Gasteiger partial charge in [-0.3, -0.25) is 9.59 Å². The second-order valence-corrected chi connectivity index (χ2v) is 6.70. The lowest BCUT2D eigenvalue weighted by atomic mass is 10.1. The van der Waals surface area contributed by atoms with Crippen LogP contribution in [0.15, 0.2) is 42.5 Å². The van der Waals surface area contributed by atoms with E-state index >= 15 is 0 Å². The average Bonchev–Trinajstić information content (AvgIpc) is 2.68. The zero-order valence-corrected chi connectivity index (χ0v) is 16.9. The Bertz CT molecular complexity index is 820. The second-order valence-electron chi connectivity index (χ2n) is 6.70. The summed E-state index contributed by atoms with van der Waals surface area (Å²) in [6, 6.07) is 12.7. The van der Waals surface area contributed by atoms with Crippen LogP contribution in [0, 0.1) is 13.8 Å². The van der Waals surface area contributed by atoms with Gasteiger partial charge in [0.1, 0.15) is 5.75 Å². The molecule has 2 rings (SSSR count). The molecule has 0 bridgehead atoms. The Labute approximate surface area is 166 Å². The van der Waals surface area contributed by atoms with Crippen molar-refractivity contribution >= 4 is 17.5 Å². The van der Waals surface area contributed by atoms with E-state index < -0.39 is 6.10 Å². The molecule has 2 amide bonds. The normalized spacial score (nSPS) is 11.6. The molecule has 0 saturated heterocycles. The largest absolute Gasteiger partial charge is 0.481 e. The standard InChI is InChI=1S/C22H28N2O4/c1-15-9-10-16(2)20(13-15)28-17(3)21(25)24-19-8-5-7-18(14-19)22(26)23-11-6-12-27-4/h5,7-10,13-14,17H,6,11-12H2,1-4H3,(H,23,26)(H,24,25). The number of aryl methyl sites for hydroxylation is 2. The maximum absolute atomic E-state index is 12.5. The van der Waals surface area contributed by atoms with Gasteiger partial charge in [0.25, 0.3) is 11.8 Å². The molecule has 0 fully saturated rings. The number of amides is 2. The van der Waals surface area contributed by atoms with Crippen molar-refractivity contribution in [1.82, 2.24) is 5.32 Å². The van der Waals surface area contributed by atoms with Gasteiger partial charge in [-0.25, -0.2) is 0 Å². The van der Waals surface area contributed by atoms with Gasteiger partial charge in [0.15, 0.2) is 6.10 Å². The fraction of sp³-hybridized carbons (Fsp3) is 0.364. The molecule has 6 nitrogen and oxygen atoms in total. The molecule has 28 heavy (non-hydrogen) atoms. The first-order valence-corrected chi connectivity index (χ1v) is 9.32. The van der Waals surface area contributed by atoms with E-state index in [1.165, 1.54) is 0 Å². The number of rotatable bonds is 9. The first kappa shape index (κ1) is 21.4. The van der Waals surface area contributed by atoms with Crippen LogP contribution in [0.1, 0.15) is 34.8 Å². The number of methoxy groups -OCH3 is 1. The fourth-order valence-electron chi connectivity index (χ4n) is 2.58. The SMILES string of the molecule is COCCCNC(=O)c1cccc(NC(=O)C(C)Oc2cc(C)ccc2C)c1. The molecule has 0 aliphatic rings. The van der Waals surface area contributed by atoms with E-state index in [0.717, 1.165) is 17.5 Å². The molecule has 0 aromatic heterocycles. The maximum atomic E-state index is 12.5. The number of benzene rings is 2. The lowest BCUT2D eigenvalue weighted by Gasteiger charge is -2.17. The Morgan fingerprint density at radius 1 is 1.11 bits per heavy atom. The van der Waals surface area contributed by atoms with E-state index in [-0.39, 0.29) is 11.8 Å². The minimum Gasteiger partial charge on any atom is -0.481 e. The smallest absolute Gasteiger partial charge is 0.265 e. The minimum absolute atomic E-state index is 0.188. The molecule has 0 aliphatic heterocycles. The Morgan fingerprint density at radius 2 is 1.89 bits per heavy atom. The van der Waals surface area contributed by atoms with Crippen LogP contribution in [0.5, 0.6) is 5.75 Å². The lowest BCUT2D eigenvalue weighted by Crippen LogP contribution is -2.30. The summed E-state index contributed by atoms with van der Waals surface area (Å²) in [5.41, 5.74) is 3.07. The van der Waals surface area contributed by atoms with Crippen LogP contribution >= 0.6 is 0 Å². The topological polar surface area (TPSA) is 76.7 Å². The average molecular weight is 384 g/mol. The van der Waals surface area contributed by atoms with Crippen LogP contribution in [-0.4, -0.2) is 38.2 Å². The highest BCUT2D eigenvalue weighted by Gasteiger charge is 2.16. The molecule has 0 saturated carbocycles. The van der Waals surface area contributed by atoms with Crippen LogP contribution in [0.2, 0.25) is 0 Å². The maximum Gasteiger partial charge on any atom is 0.265 e. The highest BCUT2D eigenvalue weighted by molar-refractivity contribution is 5.98. The zero-order valence-electron chi connectivity index (χ0n) is 16.9. The summed E-state index contributed by atoms with van der Waals surface area (Å²) < 4.78 is 10.8. The van der Waals surface area contributed by atoms with Gasteiger partial charge in [-0.2, -0.15) is 0 Å². The molecule has 2 N–H and O–H groups in total. The predicted octanol–water partition coefficient (Wildman–Crippen LogP) is 3.48. The van der Waals surface area contributed by atoms with E-state index in [1.54, 1.807) is 38.3 Å². The summed E-state index contributed by atoms with van der Waals surface area (Å²) in [5, 5.41) is 5.63. The minimum atomic E-state index is -0.674. The number of carbonyl (C=O) groups is 2. The van der Waals surface area contributed by atoms with Crippen LogP contribution in [0.4, 0.5) is 5.69 Å². The second kappa shape index (κ2) is 10.5. The van der Waals surface area contributed by atoms with Crippen molar-refractivity contribution in [2.24, 2.45) is 0 Å².